The maximum absolute atomic E-state index is 11.3. The van der Waals surface area contributed by atoms with Gasteiger partial charge in [0.1, 0.15) is 0 Å². The van der Waals surface area contributed by atoms with Gasteiger partial charge in [0.15, 0.2) is 11.5 Å². The van der Waals surface area contributed by atoms with Gasteiger partial charge in [0.05, 0.1) is 12.7 Å². The molecule has 5 nitrogen and oxygen atoms in total. The molecule has 0 radical (unpaired) electrons. The van der Waals surface area contributed by atoms with Crippen LogP contribution in [0.5, 0.6) is 0 Å². The third kappa shape index (κ3) is 1.44. The highest BCUT2D eigenvalue weighted by atomic mass is 16.5. The first kappa shape index (κ1) is 9.33. The number of hydrogen-bond acceptors (Lipinski definition) is 4. The highest BCUT2D eigenvalue weighted by Gasteiger charge is 2.27. The highest BCUT2D eigenvalue weighted by molar-refractivity contribution is 5.89. The van der Waals surface area contributed by atoms with Crippen LogP contribution >= 0.6 is 0 Å². The van der Waals surface area contributed by atoms with E-state index in [1.165, 1.54) is 20.0 Å². The zero-order valence-electron chi connectivity index (χ0n) is 8.88. The van der Waals surface area contributed by atoms with Crippen molar-refractivity contribution in [2.75, 3.05) is 7.11 Å². The van der Waals surface area contributed by atoms with Crippen LogP contribution in [-0.4, -0.2) is 27.7 Å². The van der Waals surface area contributed by atoms with E-state index in [0.717, 1.165) is 11.5 Å². The molecule has 5 heteroatoms. The molecular formula is C11H11N3O2. The fourth-order valence-corrected chi connectivity index (χ4v) is 1.65. The SMILES string of the molecule is COC(=O)c1ccc2nc(C3CC3)nn2c1. The van der Waals surface area contributed by atoms with Gasteiger partial charge < -0.3 is 4.74 Å². The number of esters is 1. The number of carbonyl (C=O) groups excluding carboxylic acids is 1. The molecule has 82 valence electrons. The Balaban J connectivity index is 2.06. The molecule has 2 aromatic heterocycles. The lowest BCUT2D eigenvalue weighted by Gasteiger charge is -1.98. The standard InChI is InChI=1S/C11H11N3O2/c1-16-11(15)8-4-5-9-12-10(7-2-3-7)13-14(9)6-8/h4-7H,2-3H2,1H3. The molecular weight excluding hydrogens is 206 g/mol. The van der Waals surface area contributed by atoms with E-state index in [-0.39, 0.29) is 5.97 Å². The van der Waals surface area contributed by atoms with Crippen molar-refractivity contribution in [3.8, 4) is 0 Å². The van der Waals surface area contributed by atoms with Gasteiger partial charge in [-0.2, -0.15) is 5.10 Å². The third-order valence-corrected chi connectivity index (χ3v) is 2.71. The minimum atomic E-state index is -0.356. The molecule has 2 heterocycles. The number of aromatic nitrogens is 3. The Labute approximate surface area is 92.1 Å². The smallest absolute Gasteiger partial charge is 0.339 e. The molecule has 0 unspecified atom stereocenters. The minimum Gasteiger partial charge on any atom is -0.465 e. The van der Waals surface area contributed by atoms with Gasteiger partial charge in [-0.25, -0.2) is 14.3 Å². The van der Waals surface area contributed by atoms with Crippen LogP contribution < -0.4 is 0 Å². The number of fused-ring (bicyclic) bond motifs is 1. The summed E-state index contributed by atoms with van der Waals surface area (Å²) in [4.78, 5) is 15.7. The molecule has 2 aromatic rings. The average molecular weight is 217 g/mol. The topological polar surface area (TPSA) is 56.5 Å². The van der Waals surface area contributed by atoms with Crippen molar-refractivity contribution in [1.29, 1.82) is 0 Å². The molecule has 1 aliphatic rings. The molecule has 1 aliphatic carbocycles. The molecule has 1 fully saturated rings. The summed E-state index contributed by atoms with van der Waals surface area (Å²) in [6.07, 6.45) is 3.99. The van der Waals surface area contributed by atoms with Crippen LogP contribution in [0.15, 0.2) is 18.3 Å². The van der Waals surface area contributed by atoms with E-state index in [0.29, 0.717) is 11.5 Å². The van der Waals surface area contributed by atoms with Crippen LogP contribution in [0.2, 0.25) is 0 Å². The van der Waals surface area contributed by atoms with Crippen molar-refractivity contribution in [2.24, 2.45) is 0 Å². The summed E-state index contributed by atoms with van der Waals surface area (Å²) in [5.74, 6) is 1.04. The number of pyridine rings is 1. The molecule has 0 aliphatic heterocycles. The zero-order valence-corrected chi connectivity index (χ0v) is 8.88. The summed E-state index contributed by atoms with van der Waals surface area (Å²) in [6.45, 7) is 0. The number of hydrogen-bond donors (Lipinski definition) is 0. The summed E-state index contributed by atoms with van der Waals surface area (Å²) in [5, 5.41) is 4.35. The van der Waals surface area contributed by atoms with E-state index in [2.05, 4.69) is 14.8 Å². The Bertz CT molecular complexity index is 557. The van der Waals surface area contributed by atoms with Gasteiger partial charge in [0.2, 0.25) is 0 Å². The lowest BCUT2D eigenvalue weighted by atomic mass is 10.3. The Morgan fingerprint density at radius 1 is 1.50 bits per heavy atom. The Morgan fingerprint density at radius 3 is 3.00 bits per heavy atom. The van der Waals surface area contributed by atoms with Gasteiger partial charge >= 0.3 is 5.97 Å². The van der Waals surface area contributed by atoms with Gasteiger partial charge in [-0.15, -0.1) is 0 Å². The van der Waals surface area contributed by atoms with E-state index >= 15 is 0 Å². The first-order valence-electron chi connectivity index (χ1n) is 5.22. The number of methoxy groups -OCH3 is 1. The van der Waals surface area contributed by atoms with Crippen molar-refractivity contribution in [3.05, 3.63) is 29.7 Å². The number of nitrogens with zero attached hydrogens (tertiary/aromatic N) is 3. The first-order chi connectivity index (χ1) is 7.78. The van der Waals surface area contributed by atoms with Crippen molar-refractivity contribution >= 4 is 11.6 Å². The lowest BCUT2D eigenvalue weighted by Crippen LogP contribution is -2.03. The van der Waals surface area contributed by atoms with Gasteiger partial charge in [-0.3, -0.25) is 0 Å². The molecule has 0 saturated heterocycles. The second kappa shape index (κ2) is 3.30. The minimum absolute atomic E-state index is 0.356. The van der Waals surface area contributed by atoms with E-state index in [1.54, 1.807) is 22.8 Å². The summed E-state index contributed by atoms with van der Waals surface area (Å²) >= 11 is 0. The molecule has 0 amide bonds. The number of rotatable bonds is 2. The molecule has 1 saturated carbocycles. The molecule has 3 rings (SSSR count). The van der Waals surface area contributed by atoms with Crippen LogP contribution in [0.4, 0.5) is 0 Å². The van der Waals surface area contributed by atoms with Crippen LogP contribution in [0.1, 0.15) is 34.9 Å². The lowest BCUT2D eigenvalue weighted by molar-refractivity contribution is 0.0600. The third-order valence-electron chi connectivity index (χ3n) is 2.71. The van der Waals surface area contributed by atoms with E-state index in [1.807, 2.05) is 0 Å². The summed E-state index contributed by atoms with van der Waals surface area (Å²) < 4.78 is 6.29. The maximum Gasteiger partial charge on any atom is 0.339 e. The first-order valence-corrected chi connectivity index (χ1v) is 5.22. The summed E-state index contributed by atoms with van der Waals surface area (Å²) in [6, 6.07) is 3.48. The zero-order chi connectivity index (χ0) is 11.1. The second-order valence-electron chi connectivity index (χ2n) is 3.96. The van der Waals surface area contributed by atoms with Crippen molar-refractivity contribution in [1.82, 2.24) is 14.6 Å². The summed E-state index contributed by atoms with van der Waals surface area (Å²) in [7, 11) is 1.36. The van der Waals surface area contributed by atoms with Crippen LogP contribution in [0.3, 0.4) is 0 Å². The second-order valence-corrected chi connectivity index (χ2v) is 3.96. The predicted molar refractivity (Wildman–Crippen MR) is 56.3 cm³/mol. The fraction of sp³-hybridized carbons (Fsp3) is 0.364. The van der Waals surface area contributed by atoms with Crippen LogP contribution in [0, 0.1) is 0 Å². The Morgan fingerprint density at radius 2 is 2.31 bits per heavy atom. The normalized spacial score (nSPS) is 15.3. The number of ether oxygens (including phenoxy) is 1. The maximum atomic E-state index is 11.3. The fourth-order valence-electron chi connectivity index (χ4n) is 1.65. The van der Waals surface area contributed by atoms with E-state index in [4.69, 9.17) is 0 Å². The van der Waals surface area contributed by atoms with Crippen molar-refractivity contribution in [3.63, 3.8) is 0 Å². The van der Waals surface area contributed by atoms with Gasteiger partial charge in [0, 0.05) is 12.1 Å². The molecule has 16 heavy (non-hydrogen) atoms. The van der Waals surface area contributed by atoms with E-state index < -0.39 is 0 Å². The average Bonchev–Trinajstić information content (AvgIpc) is 3.07. The van der Waals surface area contributed by atoms with Crippen LogP contribution in [-0.2, 0) is 4.74 Å². The van der Waals surface area contributed by atoms with Crippen LogP contribution in [0.25, 0.3) is 5.65 Å². The largest absolute Gasteiger partial charge is 0.465 e. The quantitative estimate of drug-likeness (QED) is 0.713. The Kier molecular flexibility index (Phi) is 1.92. The Hall–Kier alpha value is -1.91. The molecule has 0 atom stereocenters. The predicted octanol–water partition coefficient (Wildman–Crippen LogP) is 1.39. The molecule has 0 aromatic carbocycles. The monoisotopic (exact) mass is 217 g/mol. The van der Waals surface area contributed by atoms with Gasteiger partial charge in [-0.1, -0.05) is 0 Å². The highest BCUT2D eigenvalue weighted by Crippen LogP contribution is 2.38. The molecule has 0 bridgehead atoms. The summed E-state index contributed by atoms with van der Waals surface area (Å²) in [5.41, 5.74) is 1.26. The molecule has 0 N–H and O–H groups in total. The van der Waals surface area contributed by atoms with Gasteiger partial charge in [-0.05, 0) is 25.0 Å². The number of carbonyl (C=O) groups is 1. The van der Waals surface area contributed by atoms with E-state index in [9.17, 15) is 4.79 Å². The van der Waals surface area contributed by atoms with Crippen molar-refractivity contribution in [2.45, 2.75) is 18.8 Å². The molecule has 0 spiro atoms. The van der Waals surface area contributed by atoms with Crippen molar-refractivity contribution < 1.29 is 9.53 Å². The van der Waals surface area contributed by atoms with Gasteiger partial charge in [0.25, 0.3) is 0 Å².